The predicted molar refractivity (Wildman–Crippen MR) is 119 cm³/mol. The third kappa shape index (κ3) is 9.31. The van der Waals surface area contributed by atoms with Gasteiger partial charge in [0.05, 0.1) is 0 Å². The van der Waals surface area contributed by atoms with E-state index in [0.29, 0.717) is 0 Å². The van der Waals surface area contributed by atoms with Crippen LogP contribution in [-0.4, -0.2) is 21.1 Å². The molecule has 2 radical (unpaired) electrons. The summed E-state index contributed by atoms with van der Waals surface area (Å²) in [5, 5.41) is 2.40. The van der Waals surface area contributed by atoms with E-state index in [-0.39, 0.29) is 0 Å². The van der Waals surface area contributed by atoms with Crippen LogP contribution in [0, 0.1) is 0 Å². The molecule has 1 heterocycles. The van der Waals surface area contributed by atoms with Gasteiger partial charge in [-0.15, -0.1) is 0 Å². The Morgan fingerprint density at radius 2 is 1.32 bits per heavy atom. The van der Waals surface area contributed by atoms with Crippen molar-refractivity contribution in [1.82, 2.24) is 0 Å². The summed E-state index contributed by atoms with van der Waals surface area (Å²) in [6.45, 7) is 9.44. The Balaban J connectivity index is 2.81. The molecule has 0 aliphatic carbocycles. The molecule has 0 nitrogen and oxygen atoms in total. The van der Waals surface area contributed by atoms with E-state index in [1.54, 1.807) is 5.56 Å². The van der Waals surface area contributed by atoms with E-state index >= 15 is 0 Å². The van der Waals surface area contributed by atoms with Gasteiger partial charge in [-0.05, 0) is 0 Å². The summed E-state index contributed by atoms with van der Waals surface area (Å²) in [7, 11) is 0. The van der Waals surface area contributed by atoms with Crippen LogP contribution >= 0.6 is 11.3 Å². The van der Waals surface area contributed by atoms with Gasteiger partial charge in [0.25, 0.3) is 0 Å². The average molecular weight is 469 g/mol. The number of hydrogen-bond donors (Lipinski definition) is 0. The zero-order valence-electron chi connectivity index (χ0n) is 17.5. The van der Waals surface area contributed by atoms with Crippen molar-refractivity contribution in [2.75, 3.05) is 0 Å². The molecule has 0 spiro atoms. The van der Waals surface area contributed by atoms with Gasteiger partial charge in [-0.1, -0.05) is 0 Å². The van der Waals surface area contributed by atoms with Crippen LogP contribution in [0.4, 0.5) is 0 Å². The van der Waals surface area contributed by atoms with Gasteiger partial charge in [-0.2, -0.15) is 0 Å². The van der Waals surface area contributed by atoms with E-state index in [4.69, 9.17) is 0 Å². The Morgan fingerprint density at radius 1 is 0.760 bits per heavy atom. The summed E-state index contributed by atoms with van der Waals surface area (Å²) in [4.78, 5) is 0. The zero-order chi connectivity index (χ0) is 18.4. The fourth-order valence-corrected chi connectivity index (χ4v) is 12.0. The van der Waals surface area contributed by atoms with Crippen LogP contribution in [-0.2, 0) is 6.42 Å². The van der Waals surface area contributed by atoms with Crippen molar-refractivity contribution < 1.29 is 0 Å². The molecule has 0 atom stereocenters. The average Bonchev–Trinajstić information content (AvgIpc) is 3.06. The van der Waals surface area contributed by atoms with Gasteiger partial charge in [0.15, 0.2) is 0 Å². The standard InChI is InChI=1S/C13H27.C10H15S.Sn/c1-4-7-10-13(11-8-5-2)12-9-6-3;1-2-3-4-5-6-10-7-8-11-9-10;/h4-12H2,1-3H3;7-8H,2-6H2,1H3;. The summed E-state index contributed by atoms with van der Waals surface area (Å²) in [5.74, 6) is 0. The Morgan fingerprint density at radius 3 is 1.84 bits per heavy atom. The summed E-state index contributed by atoms with van der Waals surface area (Å²) in [5.41, 5.74) is 1.75. The molecule has 0 saturated carbocycles. The van der Waals surface area contributed by atoms with E-state index < -0.39 is 21.1 Å². The van der Waals surface area contributed by atoms with Gasteiger partial charge in [0, 0.05) is 0 Å². The molecule has 1 aromatic rings. The third-order valence-corrected chi connectivity index (χ3v) is 13.1. The molecule has 0 aliphatic rings. The Hall–Kier alpha value is 0.499. The second kappa shape index (κ2) is 14.5. The molecule has 25 heavy (non-hydrogen) atoms. The first-order valence-corrected chi connectivity index (χ1v) is 14.8. The summed E-state index contributed by atoms with van der Waals surface area (Å²) >= 11 is 1.60. The first kappa shape index (κ1) is 23.5. The maximum atomic E-state index is 2.47. The van der Waals surface area contributed by atoms with E-state index in [1.807, 2.05) is 2.89 Å². The van der Waals surface area contributed by atoms with Gasteiger partial charge in [-0.25, -0.2) is 0 Å². The van der Waals surface area contributed by atoms with Crippen LogP contribution in [0.3, 0.4) is 0 Å². The Labute approximate surface area is 172 Å². The van der Waals surface area contributed by atoms with Gasteiger partial charge in [-0.3, -0.25) is 0 Å². The molecule has 1 aromatic heterocycles. The van der Waals surface area contributed by atoms with Crippen molar-refractivity contribution in [3.8, 4) is 0 Å². The number of hydrogen-bond acceptors (Lipinski definition) is 1. The summed E-state index contributed by atoms with van der Waals surface area (Å²) in [6, 6.07) is 2.47. The van der Waals surface area contributed by atoms with E-state index in [1.165, 1.54) is 89.9 Å². The SMILES string of the molecule is CCCCCCc1ccs[c]1[Sn][C](CCCC)(CCCC)CCCC. The number of aryl methyl sites for hydroxylation is 1. The van der Waals surface area contributed by atoms with Crippen molar-refractivity contribution in [1.29, 1.82) is 0 Å². The van der Waals surface area contributed by atoms with Crippen LogP contribution in [0.2, 0.25) is 3.43 Å². The monoisotopic (exact) mass is 470 g/mol. The minimum absolute atomic E-state index is 0.515. The van der Waals surface area contributed by atoms with Crippen LogP contribution in [0.5, 0.6) is 0 Å². The molecule has 2 heteroatoms. The van der Waals surface area contributed by atoms with Crippen LogP contribution in [0.1, 0.15) is 117 Å². The molecule has 0 unspecified atom stereocenters. The fraction of sp³-hybridized carbons (Fsp3) is 0.826. The second-order valence-corrected chi connectivity index (χ2v) is 14.9. The quantitative estimate of drug-likeness (QED) is 0.170. The maximum absolute atomic E-state index is 2.47. The molecular formula is C23H42SSn. The summed E-state index contributed by atoms with van der Waals surface area (Å²) in [6.07, 6.45) is 19.9. The van der Waals surface area contributed by atoms with Gasteiger partial charge >= 0.3 is 173 Å². The molecule has 0 aliphatic heterocycles. The minimum atomic E-state index is -0.515. The second-order valence-electron chi connectivity index (χ2n) is 7.80. The van der Waals surface area contributed by atoms with Gasteiger partial charge < -0.3 is 0 Å². The van der Waals surface area contributed by atoms with Crippen LogP contribution in [0.25, 0.3) is 0 Å². The molecule has 0 bridgehead atoms. The summed E-state index contributed by atoms with van der Waals surface area (Å²) < 4.78 is 2.64. The predicted octanol–water partition coefficient (Wildman–Crippen LogP) is 7.93. The fourth-order valence-electron chi connectivity index (χ4n) is 3.73. The molecule has 0 amide bonds. The number of thiophene rings is 1. The van der Waals surface area contributed by atoms with Crippen molar-refractivity contribution in [2.24, 2.45) is 0 Å². The first-order chi connectivity index (χ1) is 12.2. The van der Waals surface area contributed by atoms with Crippen molar-refractivity contribution >= 4 is 35.4 Å². The molecule has 144 valence electrons. The normalized spacial score (nSPS) is 12.0. The van der Waals surface area contributed by atoms with E-state index in [2.05, 4.69) is 50.5 Å². The molecular weight excluding hydrogens is 427 g/mol. The third-order valence-electron chi connectivity index (χ3n) is 5.45. The van der Waals surface area contributed by atoms with Gasteiger partial charge in [0.2, 0.25) is 0 Å². The van der Waals surface area contributed by atoms with Crippen molar-refractivity contribution in [3.05, 3.63) is 17.0 Å². The molecule has 0 aromatic carbocycles. The number of rotatable bonds is 16. The van der Waals surface area contributed by atoms with Crippen LogP contribution in [0.15, 0.2) is 11.4 Å². The topological polar surface area (TPSA) is 0 Å². The first-order valence-electron chi connectivity index (χ1n) is 11.1. The van der Waals surface area contributed by atoms with E-state index in [0.717, 1.165) is 3.43 Å². The molecule has 0 saturated heterocycles. The molecule has 0 fully saturated rings. The van der Waals surface area contributed by atoms with Gasteiger partial charge in [0.1, 0.15) is 0 Å². The number of unbranched alkanes of at least 4 members (excludes halogenated alkanes) is 6. The van der Waals surface area contributed by atoms with Crippen LogP contribution < -0.4 is 2.89 Å². The molecule has 1 rings (SSSR count). The van der Waals surface area contributed by atoms with Crippen molar-refractivity contribution in [3.63, 3.8) is 0 Å². The molecule has 0 N–H and O–H groups in total. The Kier molecular flexibility index (Phi) is 13.7. The zero-order valence-corrected chi connectivity index (χ0v) is 21.1. The van der Waals surface area contributed by atoms with Crippen molar-refractivity contribution in [2.45, 2.75) is 121 Å². The van der Waals surface area contributed by atoms with E-state index in [9.17, 15) is 0 Å². The Bertz CT molecular complexity index is 402.